The van der Waals surface area contributed by atoms with E-state index >= 15 is 0 Å². The number of nitrogens with zero attached hydrogens (tertiary/aromatic N) is 2. The fourth-order valence-corrected chi connectivity index (χ4v) is 0.404. The van der Waals surface area contributed by atoms with Crippen molar-refractivity contribution in [1.82, 2.24) is 0 Å². The van der Waals surface area contributed by atoms with Gasteiger partial charge in [0, 0.05) is 6.61 Å². The number of rotatable bonds is 5. The minimum Gasteiger partial charge on any atom is -0.364 e. The van der Waals surface area contributed by atoms with Gasteiger partial charge in [-0.2, -0.15) is 0 Å². The van der Waals surface area contributed by atoms with Crippen molar-refractivity contribution < 1.29 is 19.0 Å². The predicted molar refractivity (Wildman–Crippen MR) is 34.3 cm³/mol. The normalized spacial score (nSPS) is 11.2. The molecule has 0 amide bonds. The first-order valence-electron chi connectivity index (χ1n) is 3.00. The van der Waals surface area contributed by atoms with Crippen LogP contribution >= 0.6 is 0 Å². The lowest BCUT2D eigenvalue weighted by molar-refractivity contribution is -0.833. The molecule has 0 aromatic carbocycles. The van der Waals surface area contributed by atoms with Crippen LogP contribution in [0.25, 0.3) is 0 Å². The predicted octanol–water partition coefficient (Wildman–Crippen LogP) is 0.200. The molecule has 7 nitrogen and oxygen atoms in total. The third-order valence-electron chi connectivity index (χ3n) is 1.05. The summed E-state index contributed by atoms with van der Waals surface area (Å²) in [6, 6.07) is 0. The number of hydrogen-bond donors (Lipinski definition) is 0. The third-order valence-corrected chi connectivity index (χ3v) is 1.05. The summed E-state index contributed by atoms with van der Waals surface area (Å²) in [6.45, 7) is 0.247. The standard InChI is InChI=1S/C4H7FN2O5/c1-2-12-3-4(5,6(8)9)7(10)11/h2-3H2,1H3. The molecule has 0 aliphatic rings. The topological polar surface area (TPSA) is 95.5 Å². The number of halogens is 1. The molecule has 0 radical (unpaired) electrons. The lowest BCUT2D eigenvalue weighted by atomic mass is 10.5. The van der Waals surface area contributed by atoms with Crippen molar-refractivity contribution in [1.29, 1.82) is 0 Å². The average molecular weight is 182 g/mol. The average Bonchev–Trinajstić information content (AvgIpc) is 1.99. The molecule has 70 valence electrons. The Morgan fingerprint density at radius 3 is 2.08 bits per heavy atom. The second-order valence-electron chi connectivity index (χ2n) is 1.87. The molecule has 0 unspecified atom stereocenters. The Morgan fingerprint density at radius 1 is 1.42 bits per heavy atom. The fraction of sp³-hybridized carbons (Fsp3) is 1.00. The van der Waals surface area contributed by atoms with Gasteiger partial charge in [0.25, 0.3) is 0 Å². The van der Waals surface area contributed by atoms with Gasteiger partial charge in [-0.3, -0.25) is 20.2 Å². The first-order chi connectivity index (χ1) is 5.45. The number of alkyl halides is 1. The van der Waals surface area contributed by atoms with Gasteiger partial charge in [-0.05, 0) is 6.92 Å². The maximum Gasteiger partial charge on any atom is 0.637 e. The van der Waals surface area contributed by atoms with E-state index in [1.807, 2.05) is 0 Å². The highest BCUT2D eigenvalue weighted by Crippen LogP contribution is 2.12. The molecule has 0 aliphatic heterocycles. The smallest absolute Gasteiger partial charge is 0.364 e. The van der Waals surface area contributed by atoms with E-state index in [4.69, 9.17) is 0 Å². The van der Waals surface area contributed by atoms with Crippen LogP contribution in [-0.4, -0.2) is 29.0 Å². The van der Waals surface area contributed by atoms with Crippen LogP contribution in [0.4, 0.5) is 4.39 Å². The molecule has 0 heterocycles. The van der Waals surface area contributed by atoms with Gasteiger partial charge in [0.05, 0.1) is 0 Å². The van der Waals surface area contributed by atoms with E-state index in [9.17, 15) is 24.6 Å². The molecule has 0 aliphatic carbocycles. The van der Waals surface area contributed by atoms with Gasteiger partial charge in [0.2, 0.25) is 6.61 Å². The van der Waals surface area contributed by atoms with Crippen molar-refractivity contribution in [3.05, 3.63) is 20.2 Å². The zero-order valence-corrected chi connectivity index (χ0v) is 6.23. The van der Waals surface area contributed by atoms with E-state index in [0.29, 0.717) is 0 Å². The van der Waals surface area contributed by atoms with Crippen LogP contribution in [0.15, 0.2) is 0 Å². The molecule has 0 bridgehead atoms. The molecule has 0 rings (SSSR count). The quantitative estimate of drug-likeness (QED) is 0.262. The SMILES string of the molecule is CCOCC(F)([N+](=O)[O-])[N+](=O)[O-]. The molecule has 0 fully saturated rings. The highest BCUT2D eigenvalue weighted by atomic mass is 19.2. The fourth-order valence-electron chi connectivity index (χ4n) is 0.404. The Hall–Kier alpha value is -1.31. The van der Waals surface area contributed by atoms with E-state index in [1.165, 1.54) is 6.92 Å². The monoisotopic (exact) mass is 182 g/mol. The van der Waals surface area contributed by atoms with Gasteiger partial charge in [-0.15, -0.1) is 0 Å². The van der Waals surface area contributed by atoms with Crippen molar-refractivity contribution in [3.63, 3.8) is 0 Å². The summed E-state index contributed by atoms with van der Waals surface area (Å²) in [5, 5.41) is 19.8. The Bertz CT molecular complexity index is 182. The Balaban J connectivity index is 4.40. The molecule has 0 atom stereocenters. The summed E-state index contributed by atoms with van der Waals surface area (Å²) in [6.07, 6.45) is 0. The Morgan fingerprint density at radius 2 is 1.83 bits per heavy atom. The van der Waals surface area contributed by atoms with Gasteiger partial charge in [0.1, 0.15) is 9.85 Å². The van der Waals surface area contributed by atoms with E-state index < -0.39 is 22.4 Å². The highest BCUT2D eigenvalue weighted by Gasteiger charge is 2.58. The van der Waals surface area contributed by atoms with E-state index in [-0.39, 0.29) is 6.61 Å². The van der Waals surface area contributed by atoms with Gasteiger partial charge >= 0.3 is 5.92 Å². The second kappa shape index (κ2) is 3.90. The summed E-state index contributed by atoms with van der Waals surface area (Å²) in [5.41, 5.74) is 0. The van der Waals surface area contributed by atoms with Crippen LogP contribution in [0.5, 0.6) is 0 Å². The molecular formula is C4H7FN2O5. The van der Waals surface area contributed by atoms with Gasteiger partial charge in [0.15, 0.2) is 0 Å². The maximum atomic E-state index is 12.7. The van der Waals surface area contributed by atoms with Crippen LogP contribution in [0, 0.1) is 20.2 Å². The minimum atomic E-state index is -3.73. The van der Waals surface area contributed by atoms with Crippen molar-refractivity contribution in [2.24, 2.45) is 0 Å². The molecule has 0 spiro atoms. The summed E-state index contributed by atoms with van der Waals surface area (Å²) in [4.78, 5) is 16.5. The van der Waals surface area contributed by atoms with Crippen molar-refractivity contribution in [3.8, 4) is 0 Å². The summed E-state index contributed by atoms with van der Waals surface area (Å²) < 4.78 is 17.0. The highest BCUT2D eigenvalue weighted by molar-refractivity contribution is 4.48. The van der Waals surface area contributed by atoms with Crippen LogP contribution < -0.4 is 0 Å². The number of hydrogen-bond acceptors (Lipinski definition) is 5. The first kappa shape index (κ1) is 10.7. The summed E-state index contributed by atoms with van der Waals surface area (Å²) >= 11 is 0. The van der Waals surface area contributed by atoms with Crippen LogP contribution in [0.1, 0.15) is 6.92 Å². The molecule has 0 aromatic heterocycles. The molecule has 0 saturated heterocycles. The molecule has 0 N–H and O–H groups in total. The third kappa shape index (κ3) is 2.09. The van der Waals surface area contributed by atoms with Crippen molar-refractivity contribution in [2.75, 3.05) is 13.2 Å². The van der Waals surface area contributed by atoms with Crippen LogP contribution in [0.3, 0.4) is 0 Å². The first-order valence-corrected chi connectivity index (χ1v) is 3.00. The lowest BCUT2D eigenvalue weighted by Crippen LogP contribution is -2.46. The molecule has 8 heteroatoms. The summed E-state index contributed by atoms with van der Waals surface area (Å²) in [7, 11) is 0. The van der Waals surface area contributed by atoms with E-state index in [0.717, 1.165) is 0 Å². The number of ether oxygens (including phenoxy) is 1. The largest absolute Gasteiger partial charge is 0.637 e. The Kier molecular flexibility index (Phi) is 3.48. The maximum absolute atomic E-state index is 12.7. The zero-order chi connectivity index (χ0) is 9.78. The molecule has 0 aromatic rings. The van der Waals surface area contributed by atoms with Gasteiger partial charge < -0.3 is 4.74 Å². The lowest BCUT2D eigenvalue weighted by Gasteiger charge is -2.06. The number of nitro groups is 2. The van der Waals surface area contributed by atoms with Gasteiger partial charge in [-0.1, -0.05) is 4.39 Å². The molecule has 0 saturated carbocycles. The van der Waals surface area contributed by atoms with Crippen molar-refractivity contribution >= 4 is 0 Å². The van der Waals surface area contributed by atoms with E-state index in [2.05, 4.69) is 4.74 Å². The molecule has 12 heavy (non-hydrogen) atoms. The van der Waals surface area contributed by atoms with Crippen LogP contribution in [-0.2, 0) is 4.74 Å². The van der Waals surface area contributed by atoms with Gasteiger partial charge in [-0.25, -0.2) is 0 Å². The van der Waals surface area contributed by atoms with Crippen LogP contribution in [0.2, 0.25) is 0 Å². The molecular weight excluding hydrogens is 175 g/mol. The second-order valence-corrected chi connectivity index (χ2v) is 1.87. The minimum absolute atomic E-state index is 0.0205. The Labute approximate surface area is 66.4 Å². The van der Waals surface area contributed by atoms with Crippen molar-refractivity contribution in [2.45, 2.75) is 12.8 Å². The van der Waals surface area contributed by atoms with E-state index in [1.54, 1.807) is 0 Å². The summed E-state index contributed by atoms with van der Waals surface area (Å²) in [5.74, 6) is -3.73. The zero-order valence-electron chi connectivity index (χ0n) is 6.23.